The van der Waals surface area contributed by atoms with Gasteiger partial charge in [0.1, 0.15) is 5.75 Å². The number of carbonyl (C=O) groups is 2. The van der Waals surface area contributed by atoms with Gasteiger partial charge in [-0.25, -0.2) is 8.42 Å². The van der Waals surface area contributed by atoms with Gasteiger partial charge in [0.25, 0.3) is 0 Å². The van der Waals surface area contributed by atoms with Crippen molar-refractivity contribution in [2.24, 2.45) is 17.1 Å². The topological polar surface area (TPSA) is 106 Å². The van der Waals surface area contributed by atoms with E-state index in [1.165, 1.54) is 0 Å². The van der Waals surface area contributed by atoms with Crippen LogP contribution < -0.4 is 10.5 Å². The Balaban J connectivity index is 2.56. The van der Waals surface area contributed by atoms with Crippen molar-refractivity contribution < 1.29 is 18.0 Å². The van der Waals surface area contributed by atoms with E-state index in [9.17, 15) is 18.0 Å². The summed E-state index contributed by atoms with van der Waals surface area (Å²) in [5, 5.41) is 0. The second kappa shape index (κ2) is 3.48. The van der Waals surface area contributed by atoms with E-state index in [1.54, 1.807) is 0 Å². The van der Waals surface area contributed by atoms with Crippen LogP contribution >= 0.6 is 0 Å². The van der Waals surface area contributed by atoms with Gasteiger partial charge in [0.05, 0.1) is 0 Å². The molecule has 1 atom stereocenters. The molecule has 1 rings (SSSR count). The molecule has 0 aromatic carbocycles. The van der Waals surface area contributed by atoms with Crippen molar-refractivity contribution in [1.29, 1.82) is 0 Å². The Hall–Kier alpha value is -1.11. The van der Waals surface area contributed by atoms with Crippen LogP contribution in [0, 0.1) is 11.3 Å². The molecule has 1 fully saturated rings. The number of nitrogens with one attached hydrogen (secondary N) is 1. The molecule has 0 heterocycles. The lowest BCUT2D eigenvalue weighted by Crippen LogP contribution is -2.38. The minimum absolute atomic E-state index is 0.147. The molecule has 0 aliphatic heterocycles. The average molecular weight is 234 g/mol. The zero-order valence-corrected chi connectivity index (χ0v) is 9.43. The van der Waals surface area contributed by atoms with Crippen LogP contribution in [0.2, 0.25) is 0 Å². The minimum atomic E-state index is -3.91. The highest BCUT2D eigenvalue weighted by molar-refractivity contribution is 7.90. The van der Waals surface area contributed by atoms with Gasteiger partial charge in [-0.05, 0) is 11.8 Å². The van der Waals surface area contributed by atoms with Gasteiger partial charge in [0.15, 0.2) is 0 Å². The summed E-state index contributed by atoms with van der Waals surface area (Å²) in [4.78, 5) is 21.8. The Morgan fingerprint density at radius 3 is 2.27 bits per heavy atom. The summed E-state index contributed by atoms with van der Waals surface area (Å²) in [6.07, 6.45) is 0.658. The second-order valence-corrected chi connectivity index (χ2v) is 6.16. The standard InChI is InChI=1S/C8H14N2O4S/c1-8(2)3-5(8)7(12)10-15(13,14)4-6(9)11/h5H,3-4H2,1-2H3,(H2,9,11)(H,10,12)/t5-/m1/s1. The molecule has 1 aliphatic carbocycles. The number of sulfonamides is 1. The zero-order valence-electron chi connectivity index (χ0n) is 8.61. The fraction of sp³-hybridized carbons (Fsp3) is 0.750. The van der Waals surface area contributed by atoms with Crippen molar-refractivity contribution in [3.63, 3.8) is 0 Å². The Morgan fingerprint density at radius 2 is 1.93 bits per heavy atom. The van der Waals surface area contributed by atoms with Gasteiger partial charge in [0, 0.05) is 5.92 Å². The van der Waals surface area contributed by atoms with Gasteiger partial charge < -0.3 is 5.73 Å². The third-order valence-electron chi connectivity index (χ3n) is 2.42. The molecule has 86 valence electrons. The first-order chi connectivity index (χ1) is 6.64. The lowest BCUT2D eigenvalue weighted by Gasteiger charge is -2.05. The molecule has 2 amide bonds. The summed E-state index contributed by atoms with van der Waals surface area (Å²) in [6, 6.07) is 0. The van der Waals surface area contributed by atoms with E-state index < -0.39 is 27.6 Å². The highest BCUT2D eigenvalue weighted by atomic mass is 32.2. The number of primary amides is 1. The predicted octanol–water partition coefficient (Wildman–Crippen LogP) is -1.04. The molecule has 15 heavy (non-hydrogen) atoms. The molecule has 1 saturated carbocycles. The van der Waals surface area contributed by atoms with E-state index in [-0.39, 0.29) is 11.3 Å². The van der Waals surface area contributed by atoms with Gasteiger partial charge in [-0.15, -0.1) is 0 Å². The third kappa shape index (κ3) is 3.19. The van der Waals surface area contributed by atoms with Gasteiger partial charge in [-0.1, -0.05) is 13.8 Å². The molecule has 0 unspecified atom stereocenters. The molecule has 0 aromatic rings. The van der Waals surface area contributed by atoms with E-state index >= 15 is 0 Å². The maximum absolute atomic E-state index is 11.4. The Bertz CT molecular complexity index is 399. The van der Waals surface area contributed by atoms with Crippen LogP contribution in [0.1, 0.15) is 20.3 Å². The molecule has 1 aliphatic rings. The molecular weight excluding hydrogens is 220 g/mol. The maximum atomic E-state index is 11.4. The first-order valence-corrected chi connectivity index (χ1v) is 6.12. The number of carbonyl (C=O) groups excluding carboxylic acids is 2. The number of rotatable bonds is 4. The van der Waals surface area contributed by atoms with Crippen LogP contribution in [-0.4, -0.2) is 26.0 Å². The Labute approximate surface area is 88.3 Å². The van der Waals surface area contributed by atoms with Crippen molar-refractivity contribution in [2.75, 3.05) is 5.75 Å². The highest BCUT2D eigenvalue weighted by Crippen LogP contribution is 2.51. The first-order valence-electron chi connectivity index (χ1n) is 4.47. The molecule has 6 nitrogen and oxygen atoms in total. The summed E-state index contributed by atoms with van der Waals surface area (Å²) in [7, 11) is -3.91. The monoisotopic (exact) mass is 234 g/mol. The van der Waals surface area contributed by atoms with Crippen molar-refractivity contribution in [3.05, 3.63) is 0 Å². The zero-order chi connectivity index (χ0) is 11.9. The minimum Gasteiger partial charge on any atom is -0.369 e. The molecular formula is C8H14N2O4S. The van der Waals surface area contributed by atoms with Gasteiger partial charge in [-0.3, -0.25) is 14.3 Å². The third-order valence-corrected chi connectivity index (χ3v) is 3.60. The van der Waals surface area contributed by atoms with Crippen LogP contribution in [0.3, 0.4) is 0 Å². The lowest BCUT2D eigenvalue weighted by atomic mass is 10.1. The lowest BCUT2D eigenvalue weighted by molar-refractivity contribution is -0.121. The van der Waals surface area contributed by atoms with E-state index in [4.69, 9.17) is 5.73 Å². The smallest absolute Gasteiger partial charge is 0.243 e. The summed E-state index contributed by atoms with van der Waals surface area (Å²) >= 11 is 0. The fourth-order valence-corrected chi connectivity index (χ4v) is 2.26. The number of hydrogen-bond donors (Lipinski definition) is 2. The van der Waals surface area contributed by atoms with Gasteiger partial charge in [-0.2, -0.15) is 0 Å². The number of nitrogens with two attached hydrogens (primary N) is 1. The molecule has 0 radical (unpaired) electrons. The van der Waals surface area contributed by atoms with E-state index in [0.29, 0.717) is 6.42 Å². The molecule has 7 heteroatoms. The Kier molecular flexibility index (Phi) is 2.77. The van der Waals surface area contributed by atoms with Crippen LogP contribution in [0.15, 0.2) is 0 Å². The normalized spacial score (nSPS) is 23.2. The van der Waals surface area contributed by atoms with E-state index in [2.05, 4.69) is 0 Å². The summed E-state index contributed by atoms with van der Waals surface area (Å²) in [6.45, 7) is 3.75. The summed E-state index contributed by atoms with van der Waals surface area (Å²) in [5.74, 6) is -2.68. The second-order valence-electron chi connectivity index (χ2n) is 4.44. The van der Waals surface area contributed by atoms with Crippen molar-refractivity contribution in [2.45, 2.75) is 20.3 Å². The van der Waals surface area contributed by atoms with E-state index in [1.807, 2.05) is 18.6 Å². The van der Waals surface area contributed by atoms with Crippen molar-refractivity contribution >= 4 is 21.8 Å². The predicted molar refractivity (Wildman–Crippen MR) is 53.0 cm³/mol. The van der Waals surface area contributed by atoms with E-state index in [0.717, 1.165) is 0 Å². The van der Waals surface area contributed by atoms with Crippen LogP contribution in [0.4, 0.5) is 0 Å². The fourth-order valence-electron chi connectivity index (χ4n) is 1.36. The SMILES string of the molecule is CC1(C)C[C@@H]1C(=O)NS(=O)(=O)CC(N)=O. The quantitative estimate of drug-likeness (QED) is 0.648. The highest BCUT2D eigenvalue weighted by Gasteiger charge is 2.51. The van der Waals surface area contributed by atoms with Crippen LogP contribution in [-0.2, 0) is 19.6 Å². The summed E-state index contributed by atoms with van der Waals surface area (Å²) in [5.41, 5.74) is 4.58. The van der Waals surface area contributed by atoms with Crippen LogP contribution in [0.5, 0.6) is 0 Å². The molecule has 0 aromatic heterocycles. The Morgan fingerprint density at radius 1 is 1.47 bits per heavy atom. The van der Waals surface area contributed by atoms with Crippen molar-refractivity contribution in [3.8, 4) is 0 Å². The molecule has 0 saturated heterocycles. The van der Waals surface area contributed by atoms with Crippen LogP contribution in [0.25, 0.3) is 0 Å². The van der Waals surface area contributed by atoms with Gasteiger partial charge >= 0.3 is 0 Å². The van der Waals surface area contributed by atoms with Crippen molar-refractivity contribution in [1.82, 2.24) is 4.72 Å². The molecule has 0 spiro atoms. The number of hydrogen-bond acceptors (Lipinski definition) is 4. The average Bonchev–Trinajstić information content (AvgIpc) is 2.55. The maximum Gasteiger partial charge on any atom is 0.243 e. The number of amides is 2. The molecule has 3 N–H and O–H groups in total. The summed E-state index contributed by atoms with van der Waals surface area (Å²) < 4.78 is 24.2. The largest absolute Gasteiger partial charge is 0.369 e. The van der Waals surface area contributed by atoms with Gasteiger partial charge in [0.2, 0.25) is 21.8 Å². The molecule has 0 bridgehead atoms. The first kappa shape index (κ1) is 12.0.